The molecular formula is C12H9ClFN3O3S. The first-order valence-corrected chi connectivity index (χ1v) is 7.44. The first-order chi connectivity index (χ1) is 9.79. The van der Waals surface area contributed by atoms with Crippen LogP contribution in [-0.4, -0.2) is 19.3 Å². The van der Waals surface area contributed by atoms with E-state index in [9.17, 15) is 17.6 Å². The van der Waals surface area contributed by atoms with Crippen molar-refractivity contribution in [2.24, 2.45) is 5.14 Å². The summed E-state index contributed by atoms with van der Waals surface area (Å²) in [5.74, 6) is -1.43. The van der Waals surface area contributed by atoms with Crippen molar-refractivity contribution in [3.05, 3.63) is 53.1 Å². The van der Waals surface area contributed by atoms with E-state index in [0.717, 1.165) is 18.2 Å². The Labute approximate surface area is 124 Å². The largest absolute Gasteiger partial charge is 0.321 e. The summed E-state index contributed by atoms with van der Waals surface area (Å²) in [5.41, 5.74) is -0.202. The van der Waals surface area contributed by atoms with Crippen molar-refractivity contribution < 1.29 is 17.6 Å². The molecule has 0 saturated carbocycles. The van der Waals surface area contributed by atoms with Gasteiger partial charge in [0, 0.05) is 12.4 Å². The maximum absolute atomic E-state index is 13.2. The third kappa shape index (κ3) is 3.54. The molecule has 0 unspecified atom stereocenters. The molecule has 0 aliphatic rings. The van der Waals surface area contributed by atoms with E-state index in [0.29, 0.717) is 0 Å². The van der Waals surface area contributed by atoms with Gasteiger partial charge < -0.3 is 5.32 Å². The fourth-order valence-electron chi connectivity index (χ4n) is 1.60. The Kier molecular flexibility index (Phi) is 4.21. The highest BCUT2D eigenvalue weighted by Crippen LogP contribution is 2.23. The number of primary sulfonamides is 1. The molecule has 2 rings (SSSR count). The van der Waals surface area contributed by atoms with Crippen LogP contribution in [0.1, 0.15) is 10.4 Å². The number of carbonyl (C=O) groups excluding carboxylic acids is 1. The van der Waals surface area contributed by atoms with Crippen LogP contribution < -0.4 is 10.5 Å². The van der Waals surface area contributed by atoms with Gasteiger partial charge >= 0.3 is 0 Å². The fourth-order valence-corrected chi connectivity index (χ4v) is 2.48. The van der Waals surface area contributed by atoms with Crippen LogP contribution in [0.5, 0.6) is 0 Å². The Balaban J connectivity index is 2.43. The highest BCUT2D eigenvalue weighted by Gasteiger charge is 2.18. The third-order valence-corrected chi connectivity index (χ3v) is 3.78. The summed E-state index contributed by atoms with van der Waals surface area (Å²) in [7, 11) is -4.11. The van der Waals surface area contributed by atoms with Crippen LogP contribution in [0.3, 0.4) is 0 Å². The monoisotopic (exact) mass is 329 g/mol. The molecule has 0 fully saturated rings. The first-order valence-electron chi connectivity index (χ1n) is 5.52. The van der Waals surface area contributed by atoms with E-state index in [1.807, 2.05) is 0 Å². The first kappa shape index (κ1) is 15.4. The Bertz CT molecular complexity index is 811. The van der Waals surface area contributed by atoms with Gasteiger partial charge in [-0.25, -0.2) is 17.9 Å². The second kappa shape index (κ2) is 5.76. The average molecular weight is 330 g/mol. The number of hydrogen-bond donors (Lipinski definition) is 2. The van der Waals surface area contributed by atoms with Crippen molar-refractivity contribution in [3.8, 4) is 0 Å². The van der Waals surface area contributed by atoms with Crippen LogP contribution in [-0.2, 0) is 10.0 Å². The Morgan fingerprint density at radius 3 is 2.67 bits per heavy atom. The maximum Gasteiger partial charge on any atom is 0.257 e. The van der Waals surface area contributed by atoms with E-state index in [4.69, 9.17) is 16.7 Å². The van der Waals surface area contributed by atoms with E-state index >= 15 is 0 Å². The van der Waals surface area contributed by atoms with Gasteiger partial charge in [0.05, 0.1) is 16.3 Å². The van der Waals surface area contributed by atoms with E-state index in [1.54, 1.807) is 0 Å². The number of hydrogen-bond acceptors (Lipinski definition) is 4. The van der Waals surface area contributed by atoms with Crippen molar-refractivity contribution in [1.29, 1.82) is 0 Å². The van der Waals surface area contributed by atoms with Gasteiger partial charge in [0.25, 0.3) is 5.91 Å². The summed E-state index contributed by atoms with van der Waals surface area (Å²) in [4.78, 5) is 15.4. The van der Waals surface area contributed by atoms with Crippen molar-refractivity contribution in [1.82, 2.24) is 4.98 Å². The van der Waals surface area contributed by atoms with Gasteiger partial charge in [0.1, 0.15) is 10.7 Å². The molecule has 0 atom stereocenters. The number of rotatable bonds is 3. The number of nitrogens with two attached hydrogens (primary N) is 1. The van der Waals surface area contributed by atoms with Gasteiger partial charge in [0.15, 0.2) is 0 Å². The molecule has 1 aromatic carbocycles. The molecule has 6 nitrogen and oxygen atoms in total. The molecule has 1 amide bonds. The number of amides is 1. The zero-order valence-corrected chi connectivity index (χ0v) is 12.0. The Hall–Kier alpha value is -2.03. The number of aromatic nitrogens is 1. The highest BCUT2D eigenvalue weighted by atomic mass is 35.5. The SMILES string of the molecule is NS(=O)(=O)c1ccc(F)cc1NC(=O)c1ccncc1Cl. The lowest BCUT2D eigenvalue weighted by Crippen LogP contribution is -2.19. The molecule has 3 N–H and O–H groups in total. The van der Waals surface area contributed by atoms with E-state index in [2.05, 4.69) is 10.3 Å². The molecule has 110 valence electrons. The van der Waals surface area contributed by atoms with Crippen LogP contribution >= 0.6 is 11.6 Å². The normalized spacial score (nSPS) is 11.2. The molecular weight excluding hydrogens is 321 g/mol. The number of carbonyl (C=O) groups is 1. The predicted octanol–water partition coefficient (Wildman–Crippen LogP) is 1.77. The quantitative estimate of drug-likeness (QED) is 0.895. The van der Waals surface area contributed by atoms with Crippen molar-refractivity contribution >= 4 is 33.2 Å². The van der Waals surface area contributed by atoms with Gasteiger partial charge in [-0.2, -0.15) is 0 Å². The van der Waals surface area contributed by atoms with Crippen molar-refractivity contribution in [3.63, 3.8) is 0 Å². The van der Waals surface area contributed by atoms with E-state index in [1.165, 1.54) is 18.5 Å². The molecule has 0 spiro atoms. The summed E-state index contributed by atoms with van der Waals surface area (Å²) in [5, 5.41) is 7.35. The molecule has 1 aromatic heterocycles. The van der Waals surface area contributed by atoms with Crippen LogP contribution in [0, 0.1) is 5.82 Å². The smallest absolute Gasteiger partial charge is 0.257 e. The number of nitrogens with zero attached hydrogens (tertiary/aromatic N) is 1. The fraction of sp³-hybridized carbons (Fsp3) is 0. The topological polar surface area (TPSA) is 102 Å². The highest BCUT2D eigenvalue weighted by molar-refractivity contribution is 7.89. The maximum atomic E-state index is 13.2. The number of pyridine rings is 1. The van der Waals surface area contributed by atoms with Crippen molar-refractivity contribution in [2.75, 3.05) is 5.32 Å². The van der Waals surface area contributed by atoms with Gasteiger partial charge in [-0.3, -0.25) is 9.78 Å². The summed E-state index contributed by atoms with van der Waals surface area (Å²) >= 11 is 5.81. The second-order valence-corrected chi connectivity index (χ2v) is 5.93. The molecule has 0 radical (unpaired) electrons. The zero-order chi connectivity index (χ0) is 15.6. The van der Waals surface area contributed by atoms with E-state index in [-0.39, 0.29) is 16.3 Å². The summed E-state index contributed by atoms with van der Waals surface area (Å²) in [6.07, 6.45) is 2.59. The molecule has 0 aliphatic carbocycles. The molecule has 2 aromatic rings. The number of halogens is 2. The lowest BCUT2D eigenvalue weighted by Gasteiger charge is -2.10. The minimum atomic E-state index is -4.11. The van der Waals surface area contributed by atoms with Gasteiger partial charge in [0.2, 0.25) is 10.0 Å². The van der Waals surface area contributed by atoms with Crippen LogP contribution in [0.25, 0.3) is 0 Å². The van der Waals surface area contributed by atoms with Crippen LogP contribution in [0.4, 0.5) is 10.1 Å². The molecule has 9 heteroatoms. The number of sulfonamides is 1. The zero-order valence-electron chi connectivity index (χ0n) is 10.4. The van der Waals surface area contributed by atoms with Crippen molar-refractivity contribution in [2.45, 2.75) is 4.90 Å². The number of anilines is 1. The number of nitrogens with one attached hydrogen (secondary N) is 1. The van der Waals surface area contributed by atoms with Gasteiger partial charge in [-0.15, -0.1) is 0 Å². The molecule has 0 aliphatic heterocycles. The minimum absolute atomic E-state index is 0.0660. The molecule has 21 heavy (non-hydrogen) atoms. The Morgan fingerprint density at radius 2 is 2.05 bits per heavy atom. The Morgan fingerprint density at radius 1 is 1.33 bits per heavy atom. The molecule has 0 saturated heterocycles. The lowest BCUT2D eigenvalue weighted by atomic mass is 10.2. The molecule has 0 bridgehead atoms. The second-order valence-electron chi connectivity index (χ2n) is 4.00. The third-order valence-electron chi connectivity index (χ3n) is 2.51. The molecule has 1 heterocycles. The predicted molar refractivity (Wildman–Crippen MR) is 75.0 cm³/mol. The minimum Gasteiger partial charge on any atom is -0.321 e. The lowest BCUT2D eigenvalue weighted by molar-refractivity contribution is 0.102. The summed E-state index contributed by atoms with van der Waals surface area (Å²) in [6.45, 7) is 0. The van der Waals surface area contributed by atoms with E-state index < -0.39 is 26.6 Å². The summed E-state index contributed by atoms with van der Waals surface area (Å²) in [6, 6.07) is 4.09. The number of benzene rings is 1. The van der Waals surface area contributed by atoms with Crippen LogP contribution in [0.15, 0.2) is 41.6 Å². The summed E-state index contributed by atoms with van der Waals surface area (Å²) < 4.78 is 36.1. The standard InChI is InChI=1S/C12H9ClFN3O3S/c13-9-6-16-4-3-8(9)12(18)17-10-5-7(14)1-2-11(10)21(15,19)20/h1-6H,(H,17,18)(H2,15,19,20). The van der Waals surface area contributed by atoms with Gasteiger partial charge in [-0.1, -0.05) is 11.6 Å². The van der Waals surface area contributed by atoms with Gasteiger partial charge in [-0.05, 0) is 24.3 Å². The van der Waals surface area contributed by atoms with Crippen LogP contribution in [0.2, 0.25) is 5.02 Å². The average Bonchev–Trinajstić information content (AvgIpc) is 2.37.